The fourth-order valence-electron chi connectivity index (χ4n) is 2.10. The molecular weight excluding hydrogens is 306 g/mol. The zero-order valence-electron chi connectivity index (χ0n) is 13.8. The van der Waals surface area contributed by atoms with Crippen LogP contribution in [0.5, 0.6) is 0 Å². The van der Waals surface area contributed by atoms with Crippen LogP contribution in [0.4, 0.5) is 0 Å². The second kappa shape index (κ2) is 8.82. The highest BCUT2D eigenvalue weighted by molar-refractivity contribution is 5.80. The molecule has 0 saturated carbocycles. The summed E-state index contributed by atoms with van der Waals surface area (Å²) in [5.74, 6) is -0.896. The number of hydrogen-bond acceptors (Lipinski definition) is 5. The van der Waals surface area contributed by atoms with Gasteiger partial charge in [-0.05, 0) is 17.5 Å². The molecule has 24 heavy (non-hydrogen) atoms. The molecule has 5 heteroatoms. The number of benzene rings is 1. The molecule has 0 aliphatic carbocycles. The Morgan fingerprint density at radius 1 is 1.08 bits per heavy atom. The van der Waals surface area contributed by atoms with Gasteiger partial charge in [-0.15, -0.1) is 0 Å². The minimum atomic E-state index is -1.10. The maximum Gasteiger partial charge on any atom is 0.352 e. The van der Waals surface area contributed by atoms with Crippen LogP contribution in [0.25, 0.3) is 0 Å². The number of carbonyl (C=O) groups excluding carboxylic acids is 2. The van der Waals surface area contributed by atoms with Crippen LogP contribution in [0.2, 0.25) is 0 Å². The SMILES string of the molecule is CC(C)CC(=O)OC(C(=O)OCc1ccccc1)c1cccnc1. The van der Waals surface area contributed by atoms with E-state index in [-0.39, 0.29) is 18.9 Å². The molecule has 2 rings (SSSR count). The van der Waals surface area contributed by atoms with E-state index in [1.807, 2.05) is 44.2 Å². The molecule has 5 nitrogen and oxygen atoms in total. The Morgan fingerprint density at radius 3 is 2.46 bits per heavy atom. The van der Waals surface area contributed by atoms with E-state index in [0.717, 1.165) is 5.56 Å². The number of aromatic nitrogens is 1. The smallest absolute Gasteiger partial charge is 0.352 e. The first kappa shape index (κ1) is 17.7. The molecule has 0 N–H and O–H groups in total. The van der Waals surface area contributed by atoms with E-state index in [1.54, 1.807) is 18.3 Å². The summed E-state index contributed by atoms with van der Waals surface area (Å²) in [7, 11) is 0. The Kier molecular flexibility index (Phi) is 6.49. The fraction of sp³-hybridized carbons (Fsp3) is 0.316. The number of pyridine rings is 1. The number of carbonyl (C=O) groups is 2. The molecule has 0 aliphatic rings. The van der Waals surface area contributed by atoms with E-state index in [0.29, 0.717) is 5.56 Å². The van der Waals surface area contributed by atoms with Crippen molar-refractivity contribution in [1.82, 2.24) is 4.98 Å². The van der Waals surface area contributed by atoms with Crippen LogP contribution in [-0.2, 0) is 25.7 Å². The second-order valence-electron chi connectivity index (χ2n) is 5.85. The summed E-state index contributed by atoms with van der Waals surface area (Å²) in [5, 5.41) is 0. The van der Waals surface area contributed by atoms with Gasteiger partial charge in [0.15, 0.2) is 0 Å². The maximum absolute atomic E-state index is 12.4. The maximum atomic E-state index is 12.4. The molecule has 0 bridgehead atoms. The lowest BCUT2D eigenvalue weighted by atomic mass is 10.1. The molecule has 1 aromatic heterocycles. The summed E-state index contributed by atoms with van der Waals surface area (Å²) in [6.45, 7) is 3.94. The van der Waals surface area contributed by atoms with Crippen LogP contribution in [0.1, 0.15) is 37.5 Å². The number of nitrogens with zero attached hydrogens (tertiary/aromatic N) is 1. The van der Waals surface area contributed by atoms with E-state index in [1.165, 1.54) is 6.20 Å². The second-order valence-corrected chi connectivity index (χ2v) is 5.85. The molecule has 1 unspecified atom stereocenters. The Morgan fingerprint density at radius 2 is 1.83 bits per heavy atom. The first-order valence-corrected chi connectivity index (χ1v) is 7.86. The topological polar surface area (TPSA) is 65.5 Å². The zero-order valence-corrected chi connectivity index (χ0v) is 13.8. The van der Waals surface area contributed by atoms with Gasteiger partial charge < -0.3 is 9.47 Å². The Labute approximate surface area is 141 Å². The van der Waals surface area contributed by atoms with Crippen molar-refractivity contribution >= 4 is 11.9 Å². The van der Waals surface area contributed by atoms with Crippen molar-refractivity contribution in [3.8, 4) is 0 Å². The largest absolute Gasteiger partial charge is 0.458 e. The van der Waals surface area contributed by atoms with E-state index in [9.17, 15) is 9.59 Å². The third kappa shape index (κ3) is 5.50. The summed E-state index contributed by atoms with van der Waals surface area (Å²) in [6, 6.07) is 12.7. The van der Waals surface area contributed by atoms with Crippen LogP contribution in [-0.4, -0.2) is 16.9 Å². The molecule has 1 atom stereocenters. The van der Waals surface area contributed by atoms with E-state index >= 15 is 0 Å². The van der Waals surface area contributed by atoms with Crippen molar-refractivity contribution in [2.24, 2.45) is 5.92 Å². The van der Waals surface area contributed by atoms with Crippen molar-refractivity contribution in [2.75, 3.05) is 0 Å². The summed E-state index contributed by atoms with van der Waals surface area (Å²) < 4.78 is 10.7. The standard InChI is InChI=1S/C19H21NO4/c1-14(2)11-17(21)24-18(16-9-6-10-20-12-16)19(22)23-13-15-7-4-3-5-8-15/h3-10,12,14,18H,11,13H2,1-2H3. The number of ether oxygens (including phenoxy) is 2. The highest BCUT2D eigenvalue weighted by Gasteiger charge is 2.27. The van der Waals surface area contributed by atoms with Crippen LogP contribution in [0, 0.1) is 5.92 Å². The molecule has 126 valence electrons. The third-order valence-electron chi connectivity index (χ3n) is 3.25. The van der Waals surface area contributed by atoms with Gasteiger partial charge in [0.05, 0.1) is 0 Å². The summed E-state index contributed by atoms with van der Waals surface area (Å²) in [5.41, 5.74) is 1.36. The molecule has 1 aromatic carbocycles. The van der Waals surface area contributed by atoms with Crippen molar-refractivity contribution in [3.05, 3.63) is 66.0 Å². The normalized spacial score (nSPS) is 11.8. The Balaban J connectivity index is 2.07. The first-order valence-electron chi connectivity index (χ1n) is 7.86. The highest BCUT2D eigenvalue weighted by atomic mass is 16.6. The van der Waals surface area contributed by atoms with Gasteiger partial charge in [0, 0.05) is 24.4 Å². The predicted molar refractivity (Wildman–Crippen MR) is 88.8 cm³/mol. The zero-order chi connectivity index (χ0) is 17.4. The summed E-state index contributed by atoms with van der Waals surface area (Å²) >= 11 is 0. The van der Waals surface area contributed by atoms with Crippen molar-refractivity contribution in [3.63, 3.8) is 0 Å². The van der Waals surface area contributed by atoms with Gasteiger partial charge in [0.1, 0.15) is 6.61 Å². The lowest BCUT2D eigenvalue weighted by Gasteiger charge is -2.17. The minimum absolute atomic E-state index is 0.123. The Hall–Kier alpha value is -2.69. The fourth-order valence-corrected chi connectivity index (χ4v) is 2.10. The predicted octanol–water partition coefficient (Wildman–Crippen LogP) is 3.46. The van der Waals surface area contributed by atoms with Crippen molar-refractivity contribution < 1.29 is 19.1 Å². The van der Waals surface area contributed by atoms with Gasteiger partial charge in [-0.3, -0.25) is 9.78 Å². The van der Waals surface area contributed by atoms with Gasteiger partial charge in [-0.1, -0.05) is 50.2 Å². The van der Waals surface area contributed by atoms with Crippen LogP contribution < -0.4 is 0 Å². The van der Waals surface area contributed by atoms with Gasteiger partial charge in [0.25, 0.3) is 0 Å². The highest BCUT2D eigenvalue weighted by Crippen LogP contribution is 2.20. The van der Waals surface area contributed by atoms with Gasteiger partial charge in [-0.25, -0.2) is 4.79 Å². The van der Waals surface area contributed by atoms with Gasteiger partial charge in [0.2, 0.25) is 6.10 Å². The minimum Gasteiger partial charge on any atom is -0.458 e. The molecular formula is C19H21NO4. The molecule has 2 aromatic rings. The van der Waals surface area contributed by atoms with Crippen LogP contribution in [0.15, 0.2) is 54.9 Å². The number of esters is 2. The quantitative estimate of drug-likeness (QED) is 0.729. The van der Waals surface area contributed by atoms with Crippen molar-refractivity contribution in [2.45, 2.75) is 33.0 Å². The third-order valence-corrected chi connectivity index (χ3v) is 3.25. The molecule has 0 amide bonds. The monoisotopic (exact) mass is 327 g/mol. The van der Waals surface area contributed by atoms with Crippen LogP contribution >= 0.6 is 0 Å². The van der Waals surface area contributed by atoms with Gasteiger partial charge in [-0.2, -0.15) is 0 Å². The first-order chi connectivity index (χ1) is 11.6. The molecule has 0 saturated heterocycles. The average molecular weight is 327 g/mol. The van der Waals surface area contributed by atoms with E-state index in [2.05, 4.69) is 4.98 Å². The van der Waals surface area contributed by atoms with Gasteiger partial charge >= 0.3 is 11.9 Å². The molecule has 0 radical (unpaired) electrons. The molecule has 1 heterocycles. The summed E-state index contributed by atoms with van der Waals surface area (Å²) in [4.78, 5) is 28.4. The van der Waals surface area contributed by atoms with Crippen molar-refractivity contribution in [1.29, 1.82) is 0 Å². The molecule has 0 aliphatic heterocycles. The lowest BCUT2D eigenvalue weighted by molar-refractivity contribution is -0.170. The number of hydrogen-bond donors (Lipinski definition) is 0. The average Bonchev–Trinajstić information content (AvgIpc) is 2.58. The number of rotatable bonds is 7. The molecule has 0 spiro atoms. The summed E-state index contributed by atoms with van der Waals surface area (Å²) in [6.07, 6.45) is 2.22. The Bertz CT molecular complexity index is 656. The van der Waals surface area contributed by atoms with E-state index in [4.69, 9.17) is 9.47 Å². The van der Waals surface area contributed by atoms with E-state index < -0.39 is 18.0 Å². The lowest BCUT2D eigenvalue weighted by Crippen LogP contribution is -2.23. The molecule has 0 fully saturated rings. The van der Waals surface area contributed by atoms with Crippen LogP contribution in [0.3, 0.4) is 0 Å².